The van der Waals surface area contributed by atoms with E-state index in [1.807, 2.05) is 0 Å². The number of thioether (sulfide) groups is 1. The van der Waals surface area contributed by atoms with Gasteiger partial charge in [0.05, 0.1) is 12.2 Å². The van der Waals surface area contributed by atoms with Gasteiger partial charge in [0.15, 0.2) is 0 Å². The highest BCUT2D eigenvalue weighted by Crippen LogP contribution is 2.55. The molecular weight excluding hydrogens is 348 g/mol. The standard InChI is InChI=1S/C21H34O4S/c1-2-3-4-9-13-26-14-12-16-15(10-7-5-6-8-11-17(22)23)18-20-21(25-20)19(16)24-18/h5,7,15-16,18-21H,2-4,6,8-14H2,1H3,(H,22,23)/b7-5-/t15-,16+,18+,19-,20-,21+/m0/s1. The number of aliphatic carboxylic acids is 1. The van der Waals surface area contributed by atoms with Crippen molar-refractivity contribution < 1.29 is 19.4 Å². The first kappa shape index (κ1) is 20.2. The molecule has 3 heterocycles. The van der Waals surface area contributed by atoms with Gasteiger partial charge in [-0.15, -0.1) is 0 Å². The number of carboxylic acids is 1. The van der Waals surface area contributed by atoms with Crippen molar-refractivity contribution in [1.82, 2.24) is 0 Å². The minimum atomic E-state index is -0.705. The van der Waals surface area contributed by atoms with E-state index < -0.39 is 5.97 Å². The minimum absolute atomic E-state index is 0.261. The molecule has 26 heavy (non-hydrogen) atoms. The number of allylic oxidation sites excluding steroid dienone is 2. The SMILES string of the molecule is CCCCCCSCC[C@@H]1[C@H](C/C=C\CCCC(=O)O)[C@H]2O[C@@H]1[C@H]1O[C@H]12. The lowest BCUT2D eigenvalue weighted by molar-refractivity contribution is -0.137. The fourth-order valence-electron chi connectivity index (χ4n) is 4.56. The summed E-state index contributed by atoms with van der Waals surface area (Å²) in [6.07, 6.45) is 15.3. The monoisotopic (exact) mass is 382 g/mol. The number of fused-ring (bicyclic) bond motifs is 5. The zero-order valence-corrected chi connectivity index (χ0v) is 16.8. The lowest BCUT2D eigenvalue weighted by Crippen LogP contribution is -2.33. The Morgan fingerprint density at radius 3 is 2.50 bits per heavy atom. The van der Waals surface area contributed by atoms with Crippen molar-refractivity contribution >= 4 is 17.7 Å². The number of unbranched alkanes of at least 4 members (excludes halogenated alkanes) is 4. The Hall–Kier alpha value is -0.520. The van der Waals surface area contributed by atoms with Crippen molar-refractivity contribution in [3.63, 3.8) is 0 Å². The van der Waals surface area contributed by atoms with Crippen molar-refractivity contribution in [2.45, 2.75) is 89.1 Å². The maximum Gasteiger partial charge on any atom is 0.303 e. The van der Waals surface area contributed by atoms with Crippen molar-refractivity contribution in [2.24, 2.45) is 11.8 Å². The zero-order chi connectivity index (χ0) is 18.4. The third-order valence-corrected chi connectivity index (χ3v) is 7.09. The highest BCUT2D eigenvalue weighted by Gasteiger charge is 2.68. The number of hydrogen-bond donors (Lipinski definition) is 1. The maximum atomic E-state index is 10.6. The van der Waals surface area contributed by atoms with Crippen LogP contribution in [0.25, 0.3) is 0 Å². The van der Waals surface area contributed by atoms with Gasteiger partial charge in [0.2, 0.25) is 0 Å². The van der Waals surface area contributed by atoms with E-state index in [1.165, 1.54) is 43.6 Å². The van der Waals surface area contributed by atoms with Crippen LogP contribution in [0.1, 0.15) is 64.7 Å². The predicted molar refractivity (Wildman–Crippen MR) is 106 cm³/mol. The molecule has 148 valence electrons. The molecule has 0 aromatic heterocycles. The molecular formula is C21H34O4S. The van der Waals surface area contributed by atoms with Crippen LogP contribution in [0.15, 0.2) is 12.2 Å². The number of ether oxygens (including phenoxy) is 2. The van der Waals surface area contributed by atoms with Crippen molar-refractivity contribution in [2.75, 3.05) is 11.5 Å². The topological polar surface area (TPSA) is 59.1 Å². The van der Waals surface area contributed by atoms with Crippen molar-refractivity contribution in [3.8, 4) is 0 Å². The lowest BCUT2D eigenvalue weighted by Gasteiger charge is -2.25. The molecule has 1 N–H and O–H groups in total. The van der Waals surface area contributed by atoms with Crippen LogP contribution in [-0.4, -0.2) is 47.0 Å². The van der Waals surface area contributed by atoms with Gasteiger partial charge in [-0.2, -0.15) is 11.8 Å². The first-order valence-corrected chi connectivity index (χ1v) is 11.6. The summed E-state index contributed by atoms with van der Waals surface area (Å²) < 4.78 is 12.1. The number of rotatable bonds is 14. The smallest absolute Gasteiger partial charge is 0.303 e. The molecule has 0 unspecified atom stereocenters. The minimum Gasteiger partial charge on any atom is -0.481 e. The van der Waals surface area contributed by atoms with Gasteiger partial charge in [-0.05, 0) is 55.4 Å². The molecule has 5 heteroatoms. The molecule has 3 rings (SSSR count). The third kappa shape index (κ3) is 5.26. The van der Waals surface area contributed by atoms with Crippen LogP contribution in [-0.2, 0) is 14.3 Å². The molecule has 3 aliphatic rings. The molecule has 0 aromatic carbocycles. The maximum absolute atomic E-state index is 10.6. The van der Waals surface area contributed by atoms with Gasteiger partial charge >= 0.3 is 5.97 Å². The first-order valence-electron chi connectivity index (χ1n) is 10.5. The van der Waals surface area contributed by atoms with E-state index >= 15 is 0 Å². The predicted octanol–water partition coefficient (Wildman–Crippen LogP) is 4.67. The summed E-state index contributed by atoms with van der Waals surface area (Å²) in [4.78, 5) is 10.6. The van der Waals surface area contributed by atoms with E-state index in [0.717, 1.165) is 19.3 Å². The van der Waals surface area contributed by atoms with Crippen LogP contribution in [0.4, 0.5) is 0 Å². The fourth-order valence-corrected chi connectivity index (χ4v) is 5.61. The molecule has 0 saturated carbocycles. The van der Waals surface area contributed by atoms with Crippen molar-refractivity contribution in [1.29, 1.82) is 0 Å². The zero-order valence-electron chi connectivity index (χ0n) is 16.0. The summed E-state index contributed by atoms with van der Waals surface area (Å²) >= 11 is 2.10. The highest BCUT2D eigenvalue weighted by molar-refractivity contribution is 7.99. The number of hydrogen-bond acceptors (Lipinski definition) is 4. The Morgan fingerprint density at radius 1 is 0.962 bits per heavy atom. The number of carbonyl (C=O) groups is 1. The Morgan fingerprint density at radius 2 is 1.73 bits per heavy atom. The molecule has 4 nitrogen and oxygen atoms in total. The second-order valence-electron chi connectivity index (χ2n) is 7.91. The van der Waals surface area contributed by atoms with Crippen LogP contribution < -0.4 is 0 Å². The summed E-state index contributed by atoms with van der Waals surface area (Å²) in [6.45, 7) is 2.26. The van der Waals surface area contributed by atoms with Gasteiger partial charge in [0, 0.05) is 6.42 Å². The van der Waals surface area contributed by atoms with Gasteiger partial charge < -0.3 is 14.6 Å². The molecule has 6 atom stereocenters. The van der Waals surface area contributed by atoms with Gasteiger partial charge in [0.1, 0.15) is 12.2 Å². The molecule has 0 radical (unpaired) electrons. The normalized spacial score (nSPS) is 34.5. The quantitative estimate of drug-likeness (QED) is 0.269. The van der Waals surface area contributed by atoms with Gasteiger partial charge in [0.25, 0.3) is 0 Å². The van der Waals surface area contributed by atoms with Gasteiger partial charge in [-0.1, -0.05) is 38.3 Å². The molecule has 3 aliphatic heterocycles. The highest BCUT2D eigenvalue weighted by atomic mass is 32.2. The summed E-state index contributed by atoms with van der Waals surface area (Å²) in [5.74, 6) is 3.04. The van der Waals surface area contributed by atoms with Crippen molar-refractivity contribution in [3.05, 3.63) is 12.2 Å². The molecule has 0 aromatic rings. The molecule has 0 amide bonds. The number of epoxide rings is 1. The summed E-state index contributed by atoms with van der Waals surface area (Å²) in [5, 5.41) is 8.69. The fraction of sp³-hybridized carbons (Fsp3) is 0.857. The number of carboxylic acid groups (broad SMARTS) is 1. The van der Waals surface area contributed by atoms with Crippen LogP contribution in [0.2, 0.25) is 0 Å². The van der Waals surface area contributed by atoms with Crippen LogP contribution >= 0.6 is 11.8 Å². The Bertz CT molecular complexity index is 481. The van der Waals surface area contributed by atoms with E-state index in [4.69, 9.17) is 14.6 Å². The third-order valence-electron chi connectivity index (χ3n) is 5.99. The average Bonchev–Trinajstić information content (AvgIpc) is 3.25. The molecule has 2 bridgehead atoms. The second-order valence-corrected chi connectivity index (χ2v) is 9.14. The van der Waals surface area contributed by atoms with E-state index in [2.05, 4.69) is 30.8 Å². The Labute approximate surface area is 162 Å². The second kappa shape index (κ2) is 10.1. The Balaban J connectivity index is 1.36. The van der Waals surface area contributed by atoms with Gasteiger partial charge in [-0.3, -0.25) is 4.79 Å². The van der Waals surface area contributed by atoms with Gasteiger partial charge in [-0.25, -0.2) is 0 Å². The van der Waals surface area contributed by atoms with Crippen LogP contribution in [0, 0.1) is 11.8 Å². The van der Waals surface area contributed by atoms with Crippen LogP contribution in [0.5, 0.6) is 0 Å². The molecule has 0 spiro atoms. The van der Waals surface area contributed by atoms with Crippen LogP contribution in [0.3, 0.4) is 0 Å². The summed E-state index contributed by atoms with van der Waals surface area (Å²) in [5.41, 5.74) is 0. The molecule has 3 fully saturated rings. The van der Waals surface area contributed by atoms with E-state index in [-0.39, 0.29) is 6.42 Å². The molecule has 3 saturated heterocycles. The lowest BCUT2D eigenvalue weighted by atomic mass is 9.76. The molecule has 0 aliphatic carbocycles. The van der Waals surface area contributed by atoms with E-state index in [9.17, 15) is 4.79 Å². The largest absolute Gasteiger partial charge is 0.481 e. The van der Waals surface area contributed by atoms with E-state index in [1.54, 1.807) is 0 Å². The average molecular weight is 383 g/mol. The first-order chi connectivity index (χ1) is 12.7. The Kier molecular flexibility index (Phi) is 7.89. The van der Waals surface area contributed by atoms with E-state index in [0.29, 0.717) is 36.3 Å². The summed E-state index contributed by atoms with van der Waals surface area (Å²) in [7, 11) is 0. The summed E-state index contributed by atoms with van der Waals surface area (Å²) in [6, 6.07) is 0.